The maximum atomic E-state index is 4.03. The SMILES string of the molecule is Cn1cc(CCc2ccncc2)nn1. The number of hydrogen-bond donors (Lipinski definition) is 0. The molecule has 0 spiro atoms. The zero-order valence-electron chi connectivity index (χ0n) is 8.09. The molecule has 0 aliphatic heterocycles. The molecular formula is C10H12N4. The van der Waals surface area contributed by atoms with Gasteiger partial charge in [0.2, 0.25) is 0 Å². The minimum absolute atomic E-state index is 0.928. The fourth-order valence-electron chi connectivity index (χ4n) is 1.33. The molecule has 0 aliphatic rings. The molecule has 0 saturated heterocycles. The lowest BCUT2D eigenvalue weighted by Gasteiger charge is -1.96. The highest BCUT2D eigenvalue weighted by atomic mass is 15.4. The summed E-state index contributed by atoms with van der Waals surface area (Å²) in [5, 5.41) is 7.91. The van der Waals surface area contributed by atoms with Crippen LogP contribution in [0.2, 0.25) is 0 Å². The molecule has 0 N–H and O–H groups in total. The third-order valence-corrected chi connectivity index (χ3v) is 2.07. The summed E-state index contributed by atoms with van der Waals surface area (Å²) >= 11 is 0. The van der Waals surface area contributed by atoms with Crippen molar-refractivity contribution in [3.63, 3.8) is 0 Å². The normalized spacial score (nSPS) is 10.4. The fourth-order valence-corrected chi connectivity index (χ4v) is 1.33. The van der Waals surface area contributed by atoms with E-state index in [1.807, 2.05) is 37.8 Å². The van der Waals surface area contributed by atoms with Crippen molar-refractivity contribution >= 4 is 0 Å². The molecule has 4 nitrogen and oxygen atoms in total. The van der Waals surface area contributed by atoms with Crippen molar-refractivity contribution in [1.82, 2.24) is 20.0 Å². The standard InChI is InChI=1S/C10H12N4/c1-14-8-10(12-13-14)3-2-9-4-6-11-7-5-9/h4-8H,2-3H2,1H3. The molecule has 0 bridgehead atoms. The van der Waals surface area contributed by atoms with Crippen LogP contribution in [0.15, 0.2) is 30.7 Å². The van der Waals surface area contributed by atoms with E-state index in [-0.39, 0.29) is 0 Å². The topological polar surface area (TPSA) is 43.6 Å². The first-order valence-corrected chi connectivity index (χ1v) is 4.59. The van der Waals surface area contributed by atoms with E-state index in [1.165, 1.54) is 5.56 Å². The van der Waals surface area contributed by atoms with Gasteiger partial charge in [-0.2, -0.15) is 0 Å². The Morgan fingerprint density at radius 2 is 2.00 bits per heavy atom. The number of aromatic nitrogens is 4. The van der Waals surface area contributed by atoms with E-state index in [0.29, 0.717) is 0 Å². The summed E-state index contributed by atoms with van der Waals surface area (Å²) in [5.74, 6) is 0. The third kappa shape index (κ3) is 2.16. The molecule has 0 unspecified atom stereocenters. The Morgan fingerprint density at radius 1 is 1.21 bits per heavy atom. The van der Waals surface area contributed by atoms with Crippen LogP contribution in [-0.4, -0.2) is 20.0 Å². The molecule has 0 amide bonds. The van der Waals surface area contributed by atoms with Gasteiger partial charge in [0.1, 0.15) is 0 Å². The van der Waals surface area contributed by atoms with Gasteiger partial charge < -0.3 is 0 Å². The number of nitrogens with zero attached hydrogens (tertiary/aromatic N) is 4. The largest absolute Gasteiger partial charge is 0.265 e. The smallest absolute Gasteiger partial charge is 0.0830 e. The van der Waals surface area contributed by atoms with E-state index in [0.717, 1.165) is 18.5 Å². The number of aryl methyl sites for hydroxylation is 3. The average molecular weight is 188 g/mol. The Labute approximate surface area is 82.6 Å². The van der Waals surface area contributed by atoms with Crippen LogP contribution in [0.5, 0.6) is 0 Å². The first-order valence-electron chi connectivity index (χ1n) is 4.59. The van der Waals surface area contributed by atoms with Gasteiger partial charge in [0.05, 0.1) is 5.69 Å². The molecule has 0 aliphatic carbocycles. The van der Waals surface area contributed by atoms with Crippen LogP contribution in [0, 0.1) is 0 Å². The molecular weight excluding hydrogens is 176 g/mol. The molecule has 2 rings (SSSR count). The van der Waals surface area contributed by atoms with Gasteiger partial charge in [-0.3, -0.25) is 9.67 Å². The maximum absolute atomic E-state index is 4.03. The molecule has 0 fully saturated rings. The van der Waals surface area contributed by atoms with Crippen molar-refractivity contribution in [2.24, 2.45) is 7.05 Å². The van der Waals surface area contributed by atoms with Gasteiger partial charge in [-0.05, 0) is 30.5 Å². The van der Waals surface area contributed by atoms with E-state index >= 15 is 0 Å². The zero-order valence-corrected chi connectivity index (χ0v) is 8.09. The van der Waals surface area contributed by atoms with Gasteiger partial charge in [-0.1, -0.05) is 5.21 Å². The van der Waals surface area contributed by atoms with Crippen molar-refractivity contribution < 1.29 is 0 Å². The number of pyridine rings is 1. The molecule has 14 heavy (non-hydrogen) atoms. The highest BCUT2D eigenvalue weighted by Crippen LogP contribution is 2.02. The molecule has 72 valence electrons. The van der Waals surface area contributed by atoms with Crippen LogP contribution in [0.1, 0.15) is 11.3 Å². The van der Waals surface area contributed by atoms with Crippen LogP contribution in [-0.2, 0) is 19.9 Å². The van der Waals surface area contributed by atoms with Gasteiger partial charge in [-0.25, -0.2) is 0 Å². The Kier molecular flexibility index (Phi) is 2.53. The lowest BCUT2D eigenvalue weighted by molar-refractivity contribution is 0.713. The summed E-state index contributed by atoms with van der Waals surface area (Å²) in [7, 11) is 1.88. The Balaban J connectivity index is 1.95. The quantitative estimate of drug-likeness (QED) is 0.721. The van der Waals surface area contributed by atoms with Crippen molar-refractivity contribution in [3.05, 3.63) is 42.0 Å². The summed E-state index contributed by atoms with van der Waals surface area (Å²) in [4.78, 5) is 3.97. The highest BCUT2D eigenvalue weighted by Gasteiger charge is 1.98. The number of hydrogen-bond acceptors (Lipinski definition) is 3. The molecule has 0 saturated carbocycles. The Hall–Kier alpha value is -1.71. The molecule has 4 heteroatoms. The monoisotopic (exact) mass is 188 g/mol. The highest BCUT2D eigenvalue weighted by molar-refractivity contribution is 5.11. The second-order valence-electron chi connectivity index (χ2n) is 3.24. The minimum Gasteiger partial charge on any atom is -0.265 e. The third-order valence-electron chi connectivity index (χ3n) is 2.07. The van der Waals surface area contributed by atoms with Crippen LogP contribution < -0.4 is 0 Å². The van der Waals surface area contributed by atoms with E-state index in [1.54, 1.807) is 4.68 Å². The van der Waals surface area contributed by atoms with Crippen molar-refractivity contribution in [2.75, 3.05) is 0 Å². The summed E-state index contributed by atoms with van der Waals surface area (Å²) in [5.41, 5.74) is 2.31. The number of rotatable bonds is 3. The van der Waals surface area contributed by atoms with Crippen LogP contribution >= 0.6 is 0 Å². The Bertz CT molecular complexity index is 394. The van der Waals surface area contributed by atoms with Crippen molar-refractivity contribution in [1.29, 1.82) is 0 Å². The first kappa shape index (κ1) is 8.87. The second kappa shape index (κ2) is 4.00. The summed E-state index contributed by atoms with van der Waals surface area (Å²) in [6.07, 6.45) is 7.48. The zero-order chi connectivity index (χ0) is 9.80. The minimum atomic E-state index is 0.928. The fraction of sp³-hybridized carbons (Fsp3) is 0.300. The lowest BCUT2D eigenvalue weighted by Crippen LogP contribution is -1.91. The van der Waals surface area contributed by atoms with Gasteiger partial charge in [0.15, 0.2) is 0 Å². The van der Waals surface area contributed by atoms with Crippen LogP contribution in [0.3, 0.4) is 0 Å². The molecule has 0 atom stereocenters. The van der Waals surface area contributed by atoms with E-state index in [4.69, 9.17) is 0 Å². The Morgan fingerprint density at radius 3 is 2.64 bits per heavy atom. The summed E-state index contributed by atoms with van der Waals surface area (Å²) < 4.78 is 1.72. The predicted molar refractivity (Wildman–Crippen MR) is 52.6 cm³/mol. The second-order valence-corrected chi connectivity index (χ2v) is 3.24. The van der Waals surface area contributed by atoms with Gasteiger partial charge in [0, 0.05) is 25.6 Å². The summed E-state index contributed by atoms with van der Waals surface area (Å²) in [6.45, 7) is 0. The van der Waals surface area contributed by atoms with E-state index in [9.17, 15) is 0 Å². The average Bonchev–Trinajstić information content (AvgIpc) is 2.63. The van der Waals surface area contributed by atoms with Crippen molar-refractivity contribution in [3.8, 4) is 0 Å². The van der Waals surface area contributed by atoms with Crippen molar-refractivity contribution in [2.45, 2.75) is 12.8 Å². The maximum Gasteiger partial charge on any atom is 0.0830 e. The predicted octanol–water partition coefficient (Wildman–Crippen LogP) is 0.995. The molecule has 2 aromatic rings. The van der Waals surface area contributed by atoms with E-state index in [2.05, 4.69) is 15.3 Å². The summed E-state index contributed by atoms with van der Waals surface area (Å²) in [6, 6.07) is 4.05. The van der Waals surface area contributed by atoms with Crippen LogP contribution in [0.4, 0.5) is 0 Å². The molecule has 0 aromatic carbocycles. The van der Waals surface area contributed by atoms with Gasteiger partial charge >= 0.3 is 0 Å². The van der Waals surface area contributed by atoms with Crippen LogP contribution in [0.25, 0.3) is 0 Å². The van der Waals surface area contributed by atoms with E-state index < -0.39 is 0 Å². The molecule has 2 heterocycles. The molecule has 0 radical (unpaired) electrons. The first-order chi connectivity index (χ1) is 6.84. The lowest BCUT2D eigenvalue weighted by atomic mass is 10.1. The van der Waals surface area contributed by atoms with Gasteiger partial charge in [-0.15, -0.1) is 5.10 Å². The van der Waals surface area contributed by atoms with Gasteiger partial charge in [0.25, 0.3) is 0 Å². The molecule has 2 aromatic heterocycles.